The number of nitrogens with one attached hydrogen (secondary N) is 1. The number of nitrogens with zero attached hydrogens (tertiary/aromatic N) is 2. The van der Waals surface area contributed by atoms with Crippen LogP contribution in [0.25, 0.3) is 0 Å². The van der Waals surface area contributed by atoms with E-state index >= 15 is 0 Å². The molecule has 3 aromatic rings. The summed E-state index contributed by atoms with van der Waals surface area (Å²) in [6, 6.07) is 23.3. The second-order valence-electron chi connectivity index (χ2n) is 11.2. The first-order chi connectivity index (χ1) is 18.8. The molecule has 1 fully saturated rings. The van der Waals surface area contributed by atoms with Crippen molar-refractivity contribution in [2.45, 2.75) is 58.3 Å². The van der Waals surface area contributed by atoms with Gasteiger partial charge in [0, 0.05) is 30.4 Å². The lowest BCUT2D eigenvalue weighted by Gasteiger charge is -2.32. The Morgan fingerprint density at radius 1 is 1.05 bits per heavy atom. The number of carbonyl (C=O) groups is 1. The van der Waals surface area contributed by atoms with Gasteiger partial charge in [-0.2, -0.15) is 0 Å². The maximum absolute atomic E-state index is 12.4. The Balaban J connectivity index is 1.29. The molecule has 0 unspecified atom stereocenters. The van der Waals surface area contributed by atoms with E-state index in [1.807, 2.05) is 39.0 Å². The Kier molecular flexibility index (Phi) is 7.98. The largest absolute Gasteiger partial charge is 0.495 e. The molecule has 1 amide bonds. The predicted molar refractivity (Wildman–Crippen MR) is 155 cm³/mol. The Hall–Kier alpha value is -3.71. The molecule has 3 aromatic carbocycles. The third-order valence-corrected chi connectivity index (χ3v) is 7.30. The minimum atomic E-state index is -0.569. The Labute approximate surface area is 231 Å². The lowest BCUT2D eigenvalue weighted by atomic mass is 10.1. The van der Waals surface area contributed by atoms with Crippen LogP contribution < -0.4 is 19.7 Å². The fourth-order valence-electron chi connectivity index (χ4n) is 5.48. The summed E-state index contributed by atoms with van der Waals surface area (Å²) < 4.78 is 17.1. The topological polar surface area (TPSA) is 63.3 Å². The Morgan fingerprint density at radius 3 is 2.62 bits per heavy atom. The van der Waals surface area contributed by atoms with Gasteiger partial charge in [-0.25, -0.2) is 4.79 Å². The molecule has 0 saturated carbocycles. The van der Waals surface area contributed by atoms with Crippen molar-refractivity contribution in [3.05, 3.63) is 77.9 Å². The van der Waals surface area contributed by atoms with E-state index in [0.717, 1.165) is 49.5 Å². The maximum atomic E-state index is 12.4. The fourth-order valence-corrected chi connectivity index (χ4v) is 5.48. The number of carbonyl (C=O) groups excluding carboxylic acids is 1. The number of anilines is 3. The van der Waals surface area contributed by atoms with E-state index in [0.29, 0.717) is 24.1 Å². The summed E-state index contributed by atoms with van der Waals surface area (Å²) in [4.78, 5) is 17.4. The SMILES string of the molecule is COc1ccc(CCN2CCC[C@@H]2CN2c3ccccc3COc3ccccc32)cc1NC(=O)OC(C)(C)C. The molecule has 0 aliphatic carbocycles. The van der Waals surface area contributed by atoms with Crippen LogP contribution in [-0.4, -0.2) is 49.4 Å². The first-order valence-corrected chi connectivity index (χ1v) is 13.8. The van der Waals surface area contributed by atoms with Gasteiger partial charge in [0.25, 0.3) is 0 Å². The summed E-state index contributed by atoms with van der Waals surface area (Å²) in [6.45, 7) is 9.06. The molecule has 39 heavy (non-hydrogen) atoms. The molecular weight excluding hydrogens is 490 g/mol. The summed E-state index contributed by atoms with van der Waals surface area (Å²) in [5.74, 6) is 1.55. The number of methoxy groups -OCH3 is 1. The van der Waals surface area contributed by atoms with Crippen molar-refractivity contribution >= 4 is 23.2 Å². The third-order valence-electron chi connectivity index (χ3n) is 7.30. The molecule has 2 heterocycles. The van der Waals surface area contributed by atoms with Gasteiger partial charge in [0.05, 0.1) is 18.5 Å². The molecule has 0 bridgehead atoms. The van der Waals surface area contributed by atoms with Gasteiger partial charge in [-0.1, -0.05) is 36.4 Å². The van der Waals surface area contributed by atoms with Crippen LogP contribution in [0.1, 0.15) is 44.7 Å². The van der Waals surface area contributed by atoms with E-state index in [-0.39, 0.29) is 0 Å². The molecule has 2 aliphatic heterocycles. The molecular formula is C32H39N3O4. The number of hydrogen-bond acceptors (Lipinski definition) is 6. The molecule has 1 N–H and O–H groups in total. The average molecular weight is 530 g/mol. The molecule has 7 heteroatoms. The highest BCUT2D eigenvalue weighted by Gasteiger charge is 2.30. The van der Waals surface area contributed by atoms with Crippen LogP contribution in [-0.2, 0) is 17.8 Å². The summed E-state index contributed by atoms with van der Waals surface area (Å²) >= 11 is 0. The average Bonchev–Trinajstić information content (AvgIpc) is 3.29. The van der Waals surface area contributed by atoms with Crippen LogP contribution in [0.2, 0.25) is 0 Å². The van der Waals surface area contributed by atoms with Gasteiger partial charge in [0.2, 0.25) is 0 Å². The number of fused-ring (bicyclic) bond motifs is 2. The van der Waals surface area contributed by atoms with Crippen LogP contribution in [0, 0.1) is 0 Å². The standard InChI is InChI=1S/C32H39N3O4/c1-32(2,3)39-31(36)33-26-20-23(15-16-29(26)37-4)17-19-34-18-9-11-25(34)21-35-27-12-6-5-10-24(27)22-38-30-14-8-7-13-28(30)35/h5-8,10,12-16,20,25H,9,11,17-19,21-22H2,1-4H3,(H,33,36)/t25-/m1/s1. The zero-order chi connectivity index (χ0) is 27.4. The van der Waals surface area contributed by atoms with Crippen LogP contribution in [0.15, 0.2) is 66.7 Å². The number of rotatable bonds is 7. The van der Waals surface area contributed by atoms with Gasteiger partial charge < -0.3 is 19.1 Å². The number of para-hydroxylation sites is 3. The molecule has 5 rings (SSSR count). The van der Waals surface area contributed by atoms with E-state index in [2.05, 4.69) is 63.6 Å². The van der Waals surface area contributed by atoms with Gasteiger partial charge in [0.15, 0.2) is 0 Å². The molecule has 1 atom stereocenters. The van der Waals surface area contributed by atoms with Crippen LogP contribution in [0.5, 0.6) is 11.5 Å². The van der Waals surface area contributed by atoms with Gasteiger partial charge >= 0.3 is 6.09 Å². The van der Waals surface area contributed by atoms with Crippen molar-refractivity contribution in [2.75, 3.05) is 37.0 Å². The van der Waals surface area contributed by atoms with Crippen molar-refractivity contribution in [1.82, 2.24) is 4.90 Å². The first-order valence-electron chi connectivity index (χ1n) is 13.8. The predicted octanol–water partition coefficient (Wildman–Crippen LogP) is 6.78. The zero-order valence-corrected chi connectivity index (χ0v) is 23.4. The first kappa shape index (κ1) is 26.9. The smallest absolute Gasteiger partial charge is 0.412 e. The maximum Gasteiger partial charge on any atom is 0.412 e. The van der Waals surface area contributed by atoms with Crippen molar-refractivity contribution in [3.63, 3.8) is 0 Å². The van der Waals surface area contributed by atoms with Crippen LogP contribution in [0.3, 0.4) is 0 Å². The molecule has 0 aromatic heterocycles. The number of ether oxygens (including phenoxy) is 3. The van der Waals surface area contributed by atoms with Gasteiger partial charge in [-0.15, -0.1) is 0 Å². The van der Waals surface area contributed by atoms with E-state index in [1.54, 1.807) is 7.11 Å². The van der Waals surface area contributed by atoms with Gasteiger partial charge in [0.1, 0.15) is 23.7 Å². The molecule has 206 valence electrons. The second kappa shape index (κ2) is 11.6. The minimum absolute atomic E-state index is 0.432. The quantitative estimate of drug-likeness (QED) is 0.364. The highest BCUT2D eigenvalue weighted by Crippen LogP contribution is 2.40. The number of likely N-dealkylation sites (tertiary alicyclic amines) is 1. The Bertz CT molecular complexity index is 1260. The van der Waals surface area contributed by atoms with Crippen molar-refractivity contribution < 1.29 is 19.0 Å². The summed E-state index contributed by atoms with van der Waals surface area (Å²) in [7, 11) is 1.61. The van der Waals surface area contributed by atoms with Gasteiger partial charge in [-0.05, 0) is 82.5 Å². The lowest BCUT2D eigenvalue weighted by Crippen LogP contribution is -2.39. The Morgan fingerprint density at radius 2 is 1.82 bits per heavy atom. The minimum Gasteiger partial charge on any atom is -0.495 e. The molecule has 2 aliphatic rings. The van der Waals surface area contributed by atoms with E-state index in [1.165, 1.54) is 17.7 Å². The van der Waals surface area contributed by atoms with Crippen molar-refractivity contribution in [1.29, 1.82) is 0 Å². The molecule has 7 nitrogen and oxygen atoms in total. The molecule has 1 saturated heterocycles. The van der Waals surface area contributed by atoms with Crippen LogP contribution in [0.4, 0.5) is 21.9 Å². The van der Waals surface area contributed by atoms with Crippen molar-refractivity contribution in [3.8, 4) is 11.5 Å². The fraction of sp³-hybridized carbons (Fsp3) is 0.406. The lowest BCUT2D eigenvalue weighted by molar-refractivity contribution is 0.0635. The molecule has 0 spiro atoms. The van der Waals surface area contributed by atoms with E-state index in [4.69, 9.17) is 14.2 Å². The molecule has 0 radical (unpaired) electrons. The van der Waals surface area contributed by atoms with E-state index in [9.17, 15) is 4.79 Å². The van der Waals surface area contributed by atoms with Gasteiger partial charge in [-0.3, -0.25) is 10.2 Å². The third kappa shape index (κ3) is 6.48. The normalized spacial score (nSPS) is 17.0. The highest BCUT2D eigenvalue weighted by molar-refractivity contribution is 5.87. The number of hydrogen-bond donors (Lipinski definition) is 1. The van der Waals surface area contributed by atoms with E-state index < -0.39 is 11.7 Å². The highest BCUT2D eigenvalue weighted by atomic mass is 16.6. The van der Waals surface area contributed by atoms with Crippen molar-refractivity contribution in [2.24, 2.45) is 0 Å². The summed E-state index contributed by atoms with van der Waals surface area (Å²) in [5, 5.41) is 2.86. The monoisotopic (exact) mass is 529 g/mol. The van der Waals surface area contributed by atoms with Crippen LogP contribution >= 0.6 is 0 Å². The summed E-state index contributed by atoms with van der Waals surface area (Å²) in [6.07, 6.45) is 2.74. The second-order valence-corrected chi connectivity index (χ2v) is 11.2. The number of amides is 1. The summed E-state index contributed by atoms with van der Waals surface area (Å²) in [5.41, 5.74) is 4.76. The number of benzene rings is 3. The zero-order valence-electron chi connectivity index (χ0n) is 23.4.